The molecule has 23 heavy (non-hydrogen) atoms. The third-order valence-corrected chi connectivity index (χ3v) is 3.65. The number of hydrogen-bond acceptors (Lipinski definition) is 5. The zero-order valence-electron chi connectivity index (χ0n) is 13.7. The normalized spacial score (nSPS) is 21.3. The third-order valence-electron chi connectivity index (χ3n) is 3.65. The predicted octanol–water partition coefficient (Wildman–Crippen LogP) is 1.87. The van der Waals surface area contributed by atoms with Gasteiger partial charge in [0.15, 0.2) is 0 Å². The fraction of sp³-hybridized carbons (Fsp3) is 0.562. The van der Waals surface area contributed by atoms with Crippen LogP contribution in [0.3, 0.4) is 0 Å². The molecule has 1 saturated heterocycles. The van der Waals surface area contributed by atoms with Gasteiger partial charge in [0.05, 0.1) is 30.1 Å². The summed E-state index contributed by atoms with van der Waals surface area (Å²) >= 11 is 0. The number of nitrogen functional groups attached to an aromatic ring is 1. The van der Waals surface area contributed by atoms with Gasteiger partial charge in [0, 0.05) is 6.54 Å². The van der Waals surface area contributed by atoms with Crippen LogP contribution in [0, 0.1) is 5.82 Å². The first-order valence-electron chi connectivity index (χ1n) is 7.61. The van der Waals surface area contributed by atoms with Crippen molar-refractivity contribution in [1.82, 2.24) is 5.32 Å². The molecule has 1 aliphatic heterocycles. The highest BCUT2D eigenvalue weighted by molar-refractivity contribution is 5.70. The van der Waals surface area contributed by atoms with Crippen LogP contribution in [-0.4, -0.2) is 42.0 Å². The lowest BCUT2D eigenvalue weighted by Gasteiger charge is -2.26. The molecule has 1 aromatic rings. The SMILES string of the molecule is CC(C)(C)OC(=O)N[C@H]1C[C@@H](CO)N(c2ccc(F)cc2N)C1. The molecule has 4 N–H and O–H groups in total. The van der Waals surface area contributed by atoms with Crippen molar-refractivity contribution in [2.75, 3.05) is 23.8 Å². The van der Waals surface area contributed by atoms with E-state index >= 15 is 0 Å². The number of halogens is 1. The minimum Gasteiger partial charge on any atom is -0.444 e. The Morgan fingerprint density at radius 1 is 1.52 bits per heavy atom. The molecule has 6 nitrogen and oxygen atoms in total. The summed E-state index contributed by atoms with van der Waals surface area (Å²) in [6, 6.07) is 3.80. The monoisotopic (exact) mass is 325 g/mol. The number of aliphatic hydroxyl groups is 1. The summed E-state index contributed by atoms with van der Waals surface area (Å²) < 4.78 is 18.4. The van der Waals surface area contributed by atoms with E-state index in [2.05, 4.69) is 5.32 Å². The zero-order valence-corrected chi connectivity index (χ0v) is 13.7. The quantitative estimate of drug-likeness (QED) is 0.739. The molecular weight excluding hydrogens is 301 g/mol. The Morgan fingerprint density at radius 3 is 2.78 bits per heavy atom. The van der Waals surface area contributed by atoms with E-state index in [0.717, 1.165) is 0 Å². The van der Waals surface area contributed by atoms with Crippen LogP contribution in [0.1, 0.15) is 27.2 Å². The minimum atomic E-state index is -0.569. The van der Waals surface area contributed by atoms with Crippen molar-refractivity contribution in [2.45, 2.75) is 44.9 Å². The van der Waals surface area contributed by atoms with Gasteiger partial charge in [0.2, 0.25) is 0 Å². The van der Waals surface area contributed by atoms with Gasteiger partial charge in [-0.15, -0.1) is 0 Å². The molecule has 1 aliphatic rings. The molecule has 0 saturated carbocycles. The topological polar surface area (TPSA) is 87.8 Å². The first-order chi connectivity index (χ1) is 10.7. The summed E-state index contributed by atoms with van der Waals surface area (Å²) in [6.07, 6.45) is 0.0696. The van der Waals surface area contributed by atoms with Crippen molar-refractivity contribution < 1.29 is 19.0 Å². The van der Waals surface area contributed by atoms with Crippen LogP contribution in [0.2, 0.25) is 0 Å². The fourth-order valence-corrected chi connectivity index (χ4v) is 2.75. The van der Waals surface area contributed by atoms with Crippen LogP contribution in [0.5, 0.6) is 0 Å². The first kappa shape index (κ1) is 17.3. The van der Waals surface area contributed by atoms with E-state index in [4.69, 9.17) is 10.5 Å². The molecule has 0 aliphatic carbocycles. The van der Waals surface area contributed by atoms with E-state index in [1.54, 1.807) is 26.8 Å². The highest BCUT2D eigenvalue weighted by Crippen LogP contribution is 2.31. The average molecular weight is 325 g/mol. The van der Waals surface area contributed by atoms with E-state index in [-0.39, 0.29) is 18.7 Å². The molecule has 1 amide bonds. The maximum Gasteiger partial charge on any atom is 0.407 e. The van der Waals surface area contributed by atoms with Crippen LogP contribution < -0.4 is 16.0 Å². The molecule has 0 radical (unpaired) electrons. The summed E-state index contributed by atoms with van der Waals surface area (Å²) in [5, 5.41) is 12.4. The molecule has 128 valence electrons. The average Bonchev–Trinajstić information content (AvgIpc) is 2.79. The lowest BCUT2D eigenvalue weighted by Crippen LogP contribution is -2.40. The Labute approximate surface area is 135 Å². The van der Waals surface area contributed by atoms with Gasteiger partial charge in [-0.25, -0.2) is 9.18 Å². The van der Waals surface area contributed by atoms with Crippen molar-refractivity contribution in [3.63, 3.8) is 0 Å². The van der Waals surface area contributed by atoms with Gasteiger partial charge in [0.25, 0.3) is 0 Å². The molecule has 1 heterocycles. The number of hydrogen-bond donors (Lipinski definition) is 3. The van der Waals surface area contributed by atoms with Gasteiger partial charge >= 0.3 is 6.09 Å². The van der Waals surface area contributed by atoms with E-state index in [0.29, 0.717) is 24.3 Å². The highest BCUT2D eigenvalue weighted by Gasteiger charge is 2.34. The number of aliphatic hydroxyl groups excluding tert-OH is 1. The van der Waals surface area contributed by atoms with Crippen molar-refractivity contribution in [3.8, 4) is 0 Å². The summed E-state index contributed by atoms with van der Waals surface area (Å²) in [5.74, 6) is -0.408. The number of ether oxygens (including phenoxy) is 1. The predicted molar refractivity (Wildman–Crippen MR) is 86.8 cm³/mol. The molecule has 1 fully saturated rings. The van der Waals surface area contributed by atoms with Gasteiger partial charge in [-0.2, -0.15) is 0 Å². The second kappa shape index (κ2) is 6.62. The number of benzene rings is 1. The molecule has 7 heteroatoms. The molecular formula is C16H24FN3O3. The number of carbonyl (C=O) groups is 1. The second-order valence-corrected chi connectivity index (χ2v) is 6.77. The number of nitrogens with one attached hydrogen (secondary N) is 1. The van der Waals surface area contributed by atoms with Crippen molar-refractivity contribution >= 4 is 17.5 Å². The minimum absolute atomic E-state index is 0.0800. The largest absolute Gasteiger partial charge is 0.444 e. The van der Waals surface area contributed by atoms with Crippen molar-refractivity contribution in [3.05, 3.63) is 24.0 Å². The third kappa shape index (κ3) is 4.48. The molecule has 1 aromatic carbocycles. The zero-order chi connectivity index (χ0) is 17.2. The Bertz CT molecular complexity index is 574. The molecule has 0 aromatic heterocycles. The maximum atomic E-state index is 13.2. The molecule has 2 atom stereocenters. The summed E-state index contributed by atoms with van der Waals surface area (Å²) in [7, 11) is 0. The molecule has 2 rings (SSSR count). The Morgan fingerprint density at radius 2 is 2.22 bits per heavy atom. The summed E-state index contributed by atoms with van der Waals surface area (Å²) in [5.41, 5.74) is 6.26. The Kier molecular flexibility index (Phi) is 4.99. The van der Waals surface area contributed by atoms with Gasteiger partial charge in [0.1, 0.15) is 11.4 Å². The lowest BCUT2D eigenvalue weighted by atomic mass is 10.1. The van der Waals surface area contributed by atoms with Crippen LogP contribution in [0.25, 0.3) is 0 Å². The summed E-state index contributed by atoms with van der Waals surface area (Å²) in [4.78, 5) is 13.8. The van der Waals surface area contributed by atoms with Gasteiger partial charge < -0.3 is 25.8 Å². The number of amides is 1. The second-order valence-electron chi connectivity index (χ2n) is 6.77. The standard InChI is InChI=1S/C16H24FN3O3/c1-16(2,3)23-15(22)19-11-7-12(9-21)20(8-11)14-5-4-10(17)6-13(14)18/h4-6,11-12,21H,7-9,18H2,1-3H3,(H,19,22)/t11-,12-/m0/s1. The number of rotatable bonds is 3. The lowest BCUT2D eigenvalue weighted by molar-refractivity contribution is 0.0507. The Hall–Kier alpha value is -2.02. The van der Waals surface area contributed by atoms with Gasteiger partial charge in [-0.3, -0.25) is 0 Å². The fourth-order valence-electron chi connectivity index (χ4n) is 2.75. The van der Waals surface area contributed by atoms with Crippen molar-refractivity contribution in [1.29, 1.82) is 0 Å². The molecule has 0 spiro atoms. The van der Waals surface area contributed by atoms with E-state index in [1.165, 1.54) is 12.1 Å². The van der Waals surface area contributed by atoms with Crippen LogP contribution in [-0.2, 0) is 4.74 Å². The van der Waals surface area contributed by atoms with Crippen LogP contribution in [0.15, 0.2) is 18.2 Å². The van der Waals surface area contributed by atoms with E-state index < -0.39 is 17.5 Å². The van der Waals surface area contributed by atoms with Crippen LogP contribution in [0.4, 0.5) is 20.6 Å². The number of anilines is 2. The number of carbonyl (C=O) groups excluding carboxylic acids is 1. The van der Waals surface area contributed by atoms with Gasteiger partial charge in [-0.05, 0) is 45.4 Å². The highest BCUT2D eigenvalue weighted by atomic mass is 19.1. The first-order valence-corrected chi connectivity index (χ1v) is 7.61. The maximum absolute atomic E-state index is 13.2. The summed E-state index contributed by atoms with van der Waals surface area (Å²) in [6.45, 7) is 5.78. The van der Waals surface area contributed by atoms with Crippen LogP contribution >= 0.6 is 0 Å². The van der Waals surface area contributed by atoms with E-state index in [1.807, 2.05) is 4.90 Å². The molecule has 0 bridgehead atoms. The smallest absolute Gasteiger partial charge is 0.407 e. The van der Waals surface area contributed by atoms with E-state index in [9.17, 15) is 14.3 Å². The van der Waals surface area contributed by atoms with Gasteiger partial charge in [-0.1, -0.05) is 0 Å². The Balaban J connectivity index is 2.07. The number of nitrogens with two attached hydrogens (primary N) is 1. The number of alkyl carbamates (subject to hydrolysis) is 1. The number of nitrogens with zero attached hydrogens (tertiary/aromatic N) is 1. The van der Waals surface area contributed by atoms with Crippen molar-refractivity contribution in [2.24, 2.45) is 0 Å². The molecule has 0 unspecified atom stereocenters.